The van der Waals surface area contributed by atoms with E-state index in [9.17, 15) is 14.4 Å². The first-order valence-corrected chi connectivity index (χ1v) is 11.3. The van der Waals surface area contributed by atoms with E-state index < -0.39 is 5.97 Å². The van der Waals surface area contributed by atoms with Gasteiger partial charge in [0.25, 0.3) is 5.91 Å². The van der Waals surface area contributed by atoms with E-state index in [1.807, 2.05) is 11.0 Å². The number of hydrogen-bond donors (Lipinski definition) is 0. The topological polar surface area (TPSA) is 66.9 Å². The van der Waals surface area contributed by atoms with E-state index in [0.29, 0.717) is 22.4 Å². The number of carbonyl (C=O) groups excluding carboxylic acids is 3. The molecule has 2 aliphatic rings. The summed E-state index contributed by atoms with van der Waals surface area (Å²) in [4.78, 5) is 41.4. The molecule has 2 fully saturated rings. The van der Waals surface area contributed by atoms with Crippen LogP contribution < -0.4 is 0 Å². The Balaban J connectivity index is 1.58. The molecule has 29 heavy (non-hydrogen) atoms. The first-order chi connectivity index (χ1) is 14.0. The molecular weight excluding hydrogens is 388 g/mol. The number of nitrogens with zero attached hydrogens (tertiary/aromatic N) is 2. The Kier molecular flexibility index (Phi) is 7.58. The Morgan fingerprint density at radius 1 is 1.10 bits per heavy atom. The zero-order valence-corrected chi connectivity index (χ0v) is 18.1. The SMILES string of the molecule is CN(C)C(=O)CSc1ccccc1C(=O)OCC(=O)N1CCC[C@H]2CCCC[C@@H]21. The average molecular weight is 419 g/mol. The van der Waals surface area contributed by atoms with Crippen molar-refractivity contribution < 1.29 is 19.1 Å². The largest absolute Gasteiger partial charge is 0.452 e. The van der Waals surface area contributed by atoms with Gasteiger partial charge in [-0.3, -0.25) is 9.59 Å². The fourth-order valence-corrected chi connectivity index (χ4v) is 5.27. The molecule has 1 aliphatic heterocycles. The van der Waals surface area contributed by atoms with E-state index in [1.165, 1.54) is 42.3 Å². The quantitative estimate of drug-likeness (QED) is 0.524. The number of benzene rings is 1. The lowest BCUT2D eigenvalue weighted by molar-refractivity contribution is -0.140. The van der Waals surface area contributed by atoms with Crippen molar-refractivity contribution in [3.63, 3.8) is 0 Å². The summed E-state index contributed by atoms with van der Waals surface area (Å²) >= 11 is 1.30. The third-order valence-electron chi connectivity index (χ3n) is 5.85. The van der Waals surface area contributed by atoms with Crippen LogP contribution in [-0.2, 0) is 14.3 Å². The molecule has 7 heteroatoms. The van der Waals surface area contributed by atoms with Gasteiger partial charge in [-0.05, 0) is 43.7 Å². The van der Waals surface area contributed by atoms with E-state index in [-0.39, 0.29) is 24.2 Å². The summed E-state index contributed by atoms with van der Waals surface area (Å²) in [6.45, 7) is 0.536. The number of rotatable bonds is 6. The summed E-state index contributed by atoms with van der Waals surface area (Å²) in [5.74, 6) is 0.204. The smallest absolute Gasteiger partial charge is 0.339 e. The van der Waals surface area contributed by atoms with Crippen molar-refractivity contribution in [1.29, 1.82) is 0 Å². The summed E-state index contributed by atoms with van der Waals surface area (Å²) in [6, 6.07) is 7.36. The molecular formula is C22H30N2O4S. The molecule has 1 saturated heterocycles. The van der Waals surface area contributed by atoms with Gasteiger partial charge in [0, 0.05) is 31.6 Å². The molecule has 3 rings (SSSR count). The molecule has 0 aromatic heterocycles. The predicted molar refractivity (Wildman–Crippen MR) is 113 cm³/mol. The Labute approximate surface area is 176 Å². The zero-order chi connectivity index (χ0) is 20.8. The Bertz CT molecular complexity index is 750. The van der Waals surface area contributed by atoms with Crippen LogP contribution in [0.15, 0.2) is 29.2 Å². The molecule has 2 amide bonds. The number of fused-ring (bicyclic) bond motifs is 1. The minimum Gasteiger partial charge on any atom is -0.452 e. The molecule has 158 valence electrons. The molecule has 1 saturated carbocycles. The number of piperidine rings is 1. The Morgan fingerprint density at radius 2 is 1.83 bits per heavy atom. The third kappa shape index (κ3) is 5.53. The van der Waals surface area contributed by atoms with Crippen LogP contribution in [-0.4, -0.2) is 66.6 Å². The molecule has 0 spiro atoms. The summed E-state index contributed by atoms with van der Waals surface area (Å²) in [6.07, 6.45) is 6.91. The normalized spacial score (nSPS) is 21.2. The molecule has 0 radical (unpaired) electrons. The molecule has 1 heterocycles. The minimum absolute atomic E-state index is 0.0273. The molecule has 2 atom stereocenters. The van der Waals surface area contributed by atoms with E-state index in [4.69, 9.17) is 4.74 Å². The lowest BCUT2D eigenvalue weighted by Gasteiger charge is -2.44. The summed E-state index contributed by atoms with van der Waals surface area (Å²) in [5.41, 5.74) is 0.394. The van der Waals surface area contributed by atoms with Crippen molar-refractivity contribution in [1.82, 2.24) is 9.80 Å². The highest BCUT2D eigenvalue weighted by Crippen LogP contribution is 2.35. The van der Waals surface area contributed by atoms with Crippen LogP contribution in [0.1, 0.15) is 48.9 Å². The van der Waals surface area contributed by atoms with Gasteiger partial charge in [-0.15, -0.1) is 11.8 Å². The van der Waals surface area contributed by atoms with Gasteiger partial charge in [0.15, 0.2) is 6.61 Å². The lowest BCUT2D eigenvalue weighted by atomic mass is 9.78. The molecule has 0 bridgehead atoms. The van der Waals surface area contributed by atoms with Gasteiger partial charge < -0.3 is 14.5 Å². The van der Waals surface area contributed by atoms with Crippen LogP contribution >= 0.6 is 11.8 Å². The first kappa shape index (κ1) is 21.7. The summed E-state index contributed by atoms with van der Waals surface area (Å²) in [7, 11) is 3.40. The molecule has 0 N–H and O–H groups in total. The highest BCUT2D eigenvalue weighted by molar-refractivity contribution is 8.00. The monoisotopic (exact) mass is 418 g/mol. The molecule has 1 aliphatic carbocycles. The van der Waals surface area contributed by atoms with Crippen molar-refractivity contribution in [2.75, 3.05) is 33.0 Å². The summed E-state index contributed by atoms with van der Waals surface area (Å²) in [5, 5.41) is 0. The molecule has 0 unspecified atom stereocenters. The van der Waals surface area contributed by atoms with E-state index >= 15 is 0 Å². The maximum absolute atomic E-state index is 12.8. The van der Waals surface area contributed by atoms with Gasteiger partial charge in [0.1, 0.15) is 0 Å². The van der Waals surface area contributed by atoms with E-state index in [2.05, 4.69) is 0 Å². The van der Waals surface area contributed by atoms with Crippen LogP contribution in [0, 0.1) is 5.92 Å². The Hall–Kier alpha value is -2.02. The van der Waals surface area contributed by atoms with Crippen molar-refractivity contribution in [3.05, 3.63) is 29.8 Å². The predicted octanol–water partition coefficient (Wildman–Crippen LogP) is 3.20. The van der Waals surface area contributed by atoms with Gasteiger partial charge in [-0.1, -0.05) is 25.0 Å². The standard InChI is InChI=1S/C22H30N2O4S/c1-23(2)21(26)15-29-19-12-6-4-10-17(19)22(27)28-14-20(25)24-13-7-9-16-8-3-5-11-18(16)24/h4,6,10,12,16,18H,3,5,7-9,11,13-15H2,1-2H3/t16-,18+/m1/s1. The van der Waals surface area contributed by atoms with E-state index in [1.54, 1.807) is 32.3 Å². The van der Waals surface area contributed by atoms with Gasteiger partial charge in [0.2, 0.25) is 5.91 Å². The molecule has 1 aromatic rings. The van der Waals surface area contributed by atoms with Gasteiger partial charge in [-0.2, -0.15) is 0 Å². The van der Waals surface area contributed by atoms with Gasteiger partial charge in [0.05, 0.1) is 11.3 Å². The number of thioether (sulfide) groups is 1. The first-order valence-electron chi connectivity index (χ1n) is 10.4. The fraction of sp³-hybridized carbons (Fsp3) is 0.591. The number of hydrogen-bond acceptors (Lipinski definition) is 5. The van der Waals surface area contributed by atoms with Gasteiger partial charge >= 0.3 is 5.97 Å². The Morgan fingerprint density at radius 3 is 2.62 bits per heavy atom. The number of carbonyl (C=O) groups is 3. The summed E-state index contributed by atoms with van der Waals surface area (Å²) < 4.78 is 5.38. The zero-order valence-electron chi connectivity index (χ0n) is 17.3. The minimum atomic E-state index is -0.518. The van der Waals surface area contributed by atoms with Crippen LogP contribution in [0.2, 0.25) is 0 Å². The lowest BCUT2D eigenvalue weighted by Crippen LogP contribution is -2.50. The average Bonchev–Trinajstić information content (AvgIpc) is 2.75. The van der Waals surface area contributed by atoms with Crippen LogP contribution in [0.25, 0.3) is 0 Å². The van der Waals surface area contributed by atoms with Gasteiger partial charge in [-0.25, -0.2) is 4.79 Å². The highest BCUT2D eigenvalue weighted by atomic mass is 32.2. The van der Waals surface area contributed by atoms with Crippen molar-refractivity contribution in [2.45, 2.75) is 49.5 Å². The second-order valence-corrected chi connectivity index (χ2v) is 9.01. The van der Waals surface area contributed by atoms with Crippen LogP contribution in [0.5, 0.6) is 0 Å². The molecule has 6 nitrogen and oxygen atoms in total. The number of ether oxygens (including phenoxy) is 1. The second kappa shape index (κ2) is 10.1. The van der Waals surface area contributed by atoms with Crippen LogP contribution in [0.3, 0.4) is 0 Å². The maximum atomic E-state index is 12.8. The van der Waals surface area contributed by atoms with Crippen LogP contribution in [0.4, 0.5) is 0 Å². The third-order valence-corrected chi connectivity index (χ3v) is 6.91. The van der Waals surface area contributed by atoms with Crippen molar-refractivity contribution in [3.8, 4) is 0 Å². The number of esters is 1. The molecule has 1 aromatic carbocycles. The second-order valence-electron chi connectivity index (χ2n) is 7.99. The van der Waals surface area contributed by atoms with Crippen molar-refractivity contribution >= 4 is 29.5 Å². The fourth-order valence-electron chi connectivity index (χ4n) is 4.25. The van der Waals surface area contributed by atoms with Crippen molar-refractivity contribution in [2.24, 2.45) is 5.92 Å². The maximum Gasteiger partial charge on any atom is 0.339 e. The van der Waals surface area contributed by atoms with E-state index in [0.717, 1.165) is 19.4 Å². The highest BCUT2D eigenvalue weighted by Gasteiger charge is 2.35. The number of likely N-dealkylation sites (tertiary alicyclic amines) is 1. The number of amides is 2.